The van der Waals surface area contributed by atoms with Gasteiger partial charge in [-0.25, -0.2) is 8.78 Å². The van der Waals surface area contributed by atoms with Gasteiger partial charge in [-0.2, -0.15) is 0 Å². The normalized spacial score (nSPS) is 27.9. The lowest BCUT2D eigenvalue weighted by Crippen LogP contribution is -2.43. The lowest BCUT2D eigenvalue weighted by molar-refractivity contribution is -0.385. The molecule has 2 fully saturated rings. The highest BCUT2D eigenvalue weighted by molar-refractivity contribution is 5.57. The largest absolute Gasteiger partial charge is 0.382 e. The minimum absolute atomic E-state index is 0.141. The fourth-order valence-corrected chi connectivity index (χ4v) is 3.37. The van der Waals surface area contributed by atoms with Gasteiger partial charge < -0.3 is 10.6 Å². The highest BCUT2D eigenvalue weighted by atomic mass is 19.3. The number of fused-ring (bicyclic) bond motifs is 2. The molecule has 2 atom stereocenters. The molecule has 0 aromatic heterocycles. The number of nitro benzene ring substituents is 1. The molecule has 1 aromatic carbocycles. The molecular weight excluding hydrogens is 280 g/mol. The summed E-state index contributed by atoms with van der Waals surface area (Å²) in [5.41, 5.74) is -0.293. The monoisotopic (exact) mass is 297 g/mol. The smallest absolute Gasteiger partial charge is 0.270 e. The lowest BCUT2D eigenvalue weighted by Gasteiger charge is -2.31. The zero-order valence-electron chi connectivity index (χ0n) is 11.4. The van der Waals surface area contributed by atoms with Crippen LogP contribution in [0.2, 0.25) is 0 Å². The van der Waals surface area contributed by atoms with Gasteiger partial charge in [-0.1, -0.05) is 0 Å². The van der Waals surface area contributed by atoms with Gasteiger partial charge in [0.15, 0.2) is 0 Å². The van der Waals surface area contributed by atoms with Gasteiger partial charge in [0.05, 0.1) is 4.92 Å². The fraction of sp³-hybridized carbons (Fsp3) is 0.571. The van der Waals surface area contributed by atoms with Crippen LogP contribution in [0, 0.1) is 10.1 Å². The van der Waals surface area contributed by atoms with E-state index in [1.54, 1.807) is 0 Å². The molecule has 0 saturated carbocycles. The van der Waals surface area contributed by atoms with Crippen molar-refractivity contribution in [2.45, 2.75) is 50.2 Å². The van der Waals surface area contributed by atoms with E-state index < -0.39 is 11.3 Å². The van der Waals surface area contributed by atoms with E-state index in [1.165, 1.54) is 12.1 Å². The van der Waals surface area contributed by atoms with Crippen LogP contribution in [0.1, 0.15) is 37.7 Å². The third-order valence-corrected chi connectivity index (χ3v) is 4.31. The second kappa shape index (κ2) is 5.55. The van der Waals surface area contributed by atoms with E-state index in [0.29, 0.717) is 17.8 Å². The van der Waals surface area contributed by atoms with E-state index in [4.69, 9.17) is 0 Å². The number of piperidine rings is 1. The molecule has 2 unspecified atom stereocenters. The average molecular weight is 297 g/mol. The van der Waals surface area contributed by atoms with Crippen molar-refractivity contribution in [3.63, 3.8) is 0 Å². The SMILES string of the molecule is O=[N+]([O-])c1ccc(NC2CC3CCC(C2)N3)c(C(F)F)c1. The first-order chi connectivity index (χ1) is 10.0. The van der Waals surface area contributed by atoms with Crippen molar-refractivity contribution in [1.29, 1.82) is 0 Å². The molecule has 114 valence electrons. The maximum Gasteiger partial charge on any atom is 0.270 e. The molecule has 7 heteroatoms. The Kier molecular flexibility index (Phi) is 3.75. The Bertz CT molecular complexity index is 541. The van der Waals surface area contributed by atoms with Gasteiger partial charge in [-0.15, -0.1) is 0 Å². The standard InChI is InChI=1S/C14H17F2N3O2/c15-14(16)12-7-11(19(20)21)3-4-13(12)18-10-5-8-1-2-9(6-10)17-8/h3-4,7-10,14,17-18H,1-2,5-6H2. The Hall–Kier alpha value is -1.76. The second-order valence-corrected chi connectivity index (χ2v) is 5.78. The number of non-ortho nitro benzene ring substituents is 1. The van der Waals surface area contributed by atoms with Crippen LogP contribution in [0.15, 0.2) is 18.2 Å². The molecule has 2 heterocycles. The molecule has 2 aliphatic rings. The van der Waals surface area contributed by atoms with Gasteiger partial charge in [0.1, 0.15) is 0 Å². The maximum absolute atomic E-state index is 13.1. The van der Waals surface area contributed by atoms with Gasteiger partial charge in [0.2, 0.25) is 0 Å². The molecule has 0 spiro atoms. The van der Waals surface area contributed by atoms with Crippen LogP contribution in [0.5, 0.6) is 0 Å². The third-order valence-electron chi connectivity index (χ3n) is 4.31. The first kappa shape index (κ1) is 14.2. The topological polar surface area (TPSA) is 67.2 Å². The van der Waals surface area contributed by atoms with Crippen molar-refractivity contribution in [2.24, 2.45) is 0 Å². The average Bonchev–Trinajstić information content (AvgIpc) is 2.78. The van der Waals surface area contributed by atoms with Crippen LogP contribution in [0.25, 0.3) is 0 Å². The summed E-state index contributed by atoms with van der Waals surface area (Å²) in [5, 5.41) is 17.3. The summed E-state index contributed by atoms with van der Waals surface area (Å²) in [6.07, 6.45) is 1.33. The molecule has 2 aliphatic heterocycles. The molecule has 0 amide bonds. The summed E-state index contributed by atoms with van der Waals surface area (Å²) in [7, 11) is 0. The number of nitro groups is 1. The predicted molar refractivity (Wildman–Crippen MR) is 74.6 cm³/mol. The summed E-state index contributed by atoms with van der Waals surface area (Å²) in [5.74, 6) is 0. The first-order valence-electron chi connectivity index (χ1n) is 7.12. The van der Waals surface area contributed by atoms with Crippen molar-refractivity contribution in [2.75, 3.05) is 5.32 Å². The number of hydrogen-bond donors (Lipinski definition) is 2. The number of anilines is 1. The summed E-state index contributed by atoms with van der Waals surface area (Å²) < 4.78 is 26.2. The number of rotatable bonds is 4. The van der Waals surface area contributed by atoms with Crippen LogP contribution >= 0.6 is 0 Å². The highest BCUT2D eigenvalue weighted by Gasteiger charge is 2.33. The van der Waals surface area contributed by atoms with Crippen LogP contribution < -0.4 is 10.6 Å². The molecule has 2 N–H and O–H groups in total. The van der Waals surface area contributed by atoms with Crippen molar-refractivity contribution < 1.29 is 13.7 Å². The number of benzene rings is 1. The molecule has 0 radical (unpaired) electrons. The maximum atomic E-state index is 13.1. The zero-order chi connectivity index (χ0) is 15.0. The van der Waals surface area contributed by atoms with Crippen molar-refractivity contribution in [3.8, 4) is 0 Å². The van der Waals surface area contributed by atoms with Crippen molar-refractivity contribution in [1.82, 2.24) is 5.32 Å². The van der Waals surface area contributed by atoms with E-state index in [-0.39, 0.29) is 17.3 Å². The van der Waals surface area contributed by atoms with Crippen LogP contribution in [0.4, 0.5) is 20.2 Å². The highest BCUT2D eigenvalue weighted by Crippen LogP contribution is 2.34. The first-order valence-corrected chi connectivity index (χ1v) is 7.12. The predicted octanol–water partition coefficient (Wildman–Crippen LogP) is 3.23. The fourth-order valence-electron chi connectivity index (χ4n) is 3.37. The Labute approximate surface area is 120 Å². The summed E-state index contributed by atoms with van der Waals surface area (Å²) in [4.78, 5) is 10.1. The molecule has 1 aromatic rings. The summed E-state index contributed by atoms with van der Waals surface area (Å²) >= 11 is 0. The third kappa shape index (κ3) is 2.97. The number of hydrogen-bond acceptors (Lipinski definition) is 4. The molecule has 5 nitrogen and oxygen atoms in total. The minimum atomic E-state index is -2.73. The number of nitrogens with zero attached hydrogens (tertiary/aromatic N) is 1. The number of nitrogens with one attached hydrogen (secondary N) is 2. The summed E-state index contributed by atoms with van der Waals surface area (Å²) in [6.45, 7) is 0. The van der Waals surface area contributed by atoms with E-state index in [1.807, 2.05) is 0 Å². The molecule has 0 aliphatic carbocycles. The van der Waals surface area contributed by atoms with E-state index in [2.05, 4.69) is 10.6 Å². The van der Waals surface area contributed by atoms with Crippen LogP contribution in [-0.2, 0) is 0 Å². The van der Waals surface area contributed by atoms with Crippen molar-refractivity contribution in [3.05, 3.63) is 33.9 Å². The Morgan fingerprint density at radius 2 is 1.95 bits per heavy atom. The van der Waals surface area contributed by atoms with Gasteiger partial charge >= 0.3 is 0 Å². The van der Waals surface area contributed by atoms with E-state index in [0.717, 1.165) is 31.7 Å². The zero-order valence-corrected chi connectivity index (χ0v) is 11.4. The quantitative estimate of drug-likeness (QED) is 0.661. The lowest BCUT2D eigenvalue weighted by atomic mass is 9.99. The Morgan fingerprint density at radius 3 is 2.52 bits per heavy atom. The second-order valence-electron chi connectivity index (χ2n) is 5.78. The molecular formula is C14H17F2N3O2. The van der Waals surface area contributed by atoms with Crippen LogP contribution in [0.3, 0.4) is 0 Å². The summed E-state index contributed by atoms with van der Waals surface area (Å²) in [6, 6.07) is 4.67. The minimum Gasteiger partial charge on any atom is -0.382 e. The Balaban J connectivity index is 1.79. The molecule has 21 heavy (non-hydrogen) atoms. The van der Waals surface area contributed by atoms with Crippen LogP contribution in [-0.4, -0.2) is 23.0 Å². The Morgan fingerprint density at radius 1 is 1.29 bits per heavy atom. The molecule has 3 rings (SSSR count). The van der Waals surface area contributed by atoms with Gasteiger partial charge in [0, 0.05) is 41.5 Å². The van der Waals surface area contributed by atoms with Gasteiger partial charge in [-0.3, -0.25) is 10.1 Å². The molecule has 2 bridgehead atoms. The molecule has 2 saturated heterocycles. The van der Waals surface area contributed by atoms with E-state index >= 15 is 0 Å². The van der Waals surface area contributed by atoms with Gasteiger partial charge in [-0.05, 0) is 31.7 Å². The van der Waals surface area contributed by atoms with Gasteiger partial charge in [0.25, 0.3) is 12.1 Å². The van der Waals surface area contributed by atoms with E-state index in [9.17, 15) is 18.9 Å². The number of halogens is 2. The van der Waals surface area contributed by atoms with Crippen molar-refractivity contribution >= 4 is 11.4 Å². The number of alkyl halides is 2.